The standard InChI is InChI=1S/C21H20N6O/c1-15-4-9-23-18(13-15)26-27-12-7-17-6-11-25-20(19(17)21(27)28)24-10-5-16-3-2-8-22-14-16/h2-4,6-9,11-14H,5,10H2,1H3,(H,23,26)(H,24,25). The molecule has 0 fully saturated rings. The van der Waals surface area contributed by atoms with Crippen molar-refractivity contribution >= 4 is 22.4 Å². The van der Waals surface area contributed by atoms with Crippen molar-refractivity contribution in [3.05, 3.63) is 88.9 Å². The lowest BCUT2D eigenvalue weighted by Crippen LogP contribution is -2.27. The Labute approximate surface area is 162 Å². The van der Waals surface area contributed by atoms with Crippen LogP contribution in [0.5, 0.6) is 0 Å². The maximum atomic E-state index is 13.1. The Morgan fingerprint density at radius 2 is 1.96 bits per heavy atom. The summed E-state index contributed by atoms with van der Waals surface area (Å²) in [6.45, 7) is 2.63. The summed E-state index contributed by atoms with van der Waals surface area (Å²) in [6.07, 6.45) is 9.49. The van der Waals surface area contributed by atoms with Gasteiger partial charge in [-0.05, 0) is 60.2 Å². The Hall–Kier alpha value is -3.74. The van der Waals surface area contributed by atoms with E-state index in [9.17, 15) is 4.79 Å². The van der Waals surface area contributed by atoms with Crippen LogP contribution in [0.2, 0.25) is 0 Å². The predicted molar refractivity (Wildman–Crippen MR) is 110 cm³/mol. The first-order valence-electron chi connectivity index (χ1n) is 9.03. The van der Waals surface area contributed by atoms with Gasteiger partial charge in [-0.2, -0.15) is 0 Å². The molecule has 0 saturated carbocycles. The van der Waals surface area contributed by atoms with Gasteiger partial charge in [0.2, 0.25) is 0 Å². The maximum absolute atomic E-state index is 13.1. The maximum Gasteiger partial charge on any atom is 0.280 e. The second-order valence-electron chi connectivity index (χ2n) is 6.48. The van der Waals surface area contributed by atoms with Crippen LogP contribution in [0.25, 0.3) is 10.8 Å². The number of aryl methyl sites for hydroxylation is 1. The monoisotopic (exact) mass is 372 g/mol. The van der Waals surface area contributed by atoms with Crippen molar-refractivity contribution in [3.63, 3.8) is 0 Å². The molecule has 28 heavy (non-hydrogen) atoms. The van der Waals surface area contributed by atoms with E-state index < -0.39 is 0 Å². The zero-order valence-corrected chi connectivity index (χ0v) is 15.5. The van der Waals surface area contributed by atoms with Crippen molar-refractivity contribution in [1.29, 1.82) is 0 Å². The topological polar surface area (TPSA) is 84.7 Å². The zero-order valence-electron chi connectivity index (χ0n) is 15.5. The van der Waals surface area contributed by atoms with Crippen LogP contribution in [-0.4, -0.2) is 26.2 Å². The van der Waals surface area contributed by atoms with Gasteiger partial charge in [-0.15, -0.1) is 0 Å². The summed E-state index contributed by atoms with van der Waals surface area (Å²) < 4.78 is 1.43. The molecule has 0 aliphatic carbocycles. The quantitative estimate of drug-likeness (QED) is 0.541. The molecule has 4 heterocycles. The third-order valence-electron chi connectivity index (χ3n) is 4.40. The number of rotatable bonds is 6. The minimum Gasteiger partial charge on any atom is -0.369 e. The smallest absolute Gasteiger partial charge is 0.280 e. The van der Waals surface area contributed by atoms with Crippen molar-refractivity contribution in [3.8, 4) is 0 Å². The van der Waals surface area contributed by atoms with Crippen molar-refractivity contribution in [2.75, 3.05) is 17.3 Å². The molecule has 2 N–H and O–H groups in total. The van der Waals surface area contributed by atoms with Gasteiger partial charge in [-0.1, -0.05) is 6.07 Å². The molecular formula is C21H20N6O. The molecule has 0 saturated heterocycles. The fraction of sp³-hybridized carbons (Fsp3) is 0.143. The molecule has 0 aromatic carbocycles. The number of anilines is 2. The molecule has 4 aromatic heterocycles. The molecule has 4 rings (SSSR count). The van der Waals surface area contributed by atoms with Crippen molar-refractivity contribution in [1.82, 2.24) is 19.6 Å². The average molecular weight is 372 g/mol. The van der Waals surface area contributed by atoms with E-state index in [-0.39, 0.29) is 5.56 Å². The van der Waals surface area contributed by atoms with Crippen molar-refractivity contribution < 1.29 is 0 Å². The lowest BCUT2D eigenvalue weighted by molar-refractivity contribution is 0.898. The molecule has 0 radical (unpaired) electrons. The minimum absolute atomic E-state index is 0.183. The molecule has 0 aliphatic heterocycles. The third kappa shape index (κ3) is 3.83. The minimum atomic E-state index is -0.183. The molecule has 140 valence electrons. The Kier molecular flexibility index (Phi) is 4.97. The van der Waals surface area contributed by atoms with E-state index in [1.165, 1.54) is 4.68 Å². The lowest BCUT2D eigenvalue weighted by Gasteiger charge is -2.12. The van der Waals surface area contributed by atoms with Gasteiger partial charge in [0.15, 0.2) is 0 Å². The van der Waals surface area contributed by atoms with E-state index >= 15 is 0 Å². The Morgan fingerprint density at radius 1 is 1.07 bits per heavy atom. The molecule has 0 amide bonds. The first-order valence-corrected chi connectivity index (χ1v) is 9.03. The number of aromatic nitrogens is 4. The normalized spacial score (nSPS) is 10.8. The highest BCUT2D eigenvalue weighted by atomic mass is 16.1. The highest BCUT2D eigenvalue weighted by Crippen LogP contribution is 2.17. The van der Waals surface area contributed by atoms with Crippen LogP contribution >= 0.6 is 0 Å². The summed E-state index contributed by atoms with van der Waals surface area (Å²) in [4.78, 5) is 25.8. The van der Waals surface area contributed by atoms with E-state index in [0.717, 1.165) is 22.9 Å². The predicted octanol–water partition coefficient (Wildman–Crippen LogP) is 3.02. The summed E-state index contributed by atoms with van der Waals surface area (Å²) in [5.74, 6) is 1.18. The zero-order chi connectivity index (χ0) is 19.3. The van der Waals surface area contributed by atoms with E-state index in [0.29, 0.717) is 23.6 Å². The summed E-state index contributed by atoms with van der Waals surface area (Å²) in [5.41, 5.74) is 5.05. The first-order chi connectivity index (χ1) is 13.7. The van der Waals surface area contributed by atoms with Gasteiger partial charge in [0.1, 0.15) is 11.6 Å². The highest BCUT2D eigenvalue weighted by Gasteiger charge is 2.09. The summed E-state index contributed by atoms with van der Waals surface area (Å²) in [7, 11) is 0. The van der Waals surface area contributed by atoms with Crippen LogP contribution in [0.15, 0.2) is 72.2 Å². The SMILES string of the molecule is Cc1ccnc(Nn2ccc3ccnc(NCCc4cccnc4)c3c2=O)c1. The Morgan fingerprint density at radius 3 is 2.79 bits per heavy atom. The Balaban J connectivity index is 1.61. The number of fused-ring (bicyclic) bond motifs is 1. The van der Waals surface area contributed by atoms with Crippen LogP contribution in [-0.2, 0) is 6.42 Å². The Bertz CT molecular complexity index is 1160. The third-order valence-corrected chi connectivity index (χ3v) is 4.40. The van der Waals surface area contributed by atoms with E-state index in [1.807, 2.05) is 49.5 Å². The van der Waals surface area contributed by atoms with Gasteiger partial charge < -0.3 is 5.32 Å². The molecule has 0 aliphatic rings. The van der Waals surface area contributed by atoms with E-state index in [4.69, 9.17) is 0 Å². The van der Waals surface area contributed by atoms with E-state index in [1.54, 1.807) is 24.8 Å². The molecule has 0 bridgehead atoms. The molecule has 0 unspecified atom stereocenters. The summed E-state index contributed by atoms with van der Waals surface area (Å²) in [5, 5.41) is 4.65. The number of hydrogen-bond donors (Lipinski definition) is 2. The van der Waals surface area contributed by atoms with Crippen molar-refractivity contribution in [2.45, 2.75) is 13.3 Å². The molecular weight excluding hydrogens is 352 g/mol. The van der Waals surface area contributed by atoms with Gasteiger partial charge in [-0.25, -0.2) is 14.6 Å². The van der Waals surface area contributed by atoms with Gasteiger partial charge in [0.05, 0.1) is 5.39 Å². The summed E-state index contributed by atoms with van der Waals surface area (Å²) in [6, 6.07) is 11.4. The highest BCUT2D eigenvalue weighted by molar-refractivity contribution is 5.90. The van der Waals surface area contributed by atoms with Crippen LogP contribution in [0.3, 0.4) is 0 Å². The van der Waals surface area contributed by atoms with Crippen LogP contribution in [0, 0.1) is 6.92 Å². The summed E-state index contributed by atoms with van der Waals surface area (Å²) >= 11 is 0. The van der Waals surface area contributed by atoms with Crippen LogP contribution in [0.1, 0.15) is 11.1 Å². The number of hydrogen-bond acceptors (Lipinski definition) is 6. The first kappa shape index (κ1) is 17.7. The molecule has 0 atom stereocenters. The number of nitrogens with one attached hydrogen (secondary N) is 2. The fourth-order valence-electron chi connectivity index (χ4n) is 3.00. The molecule has 4 aromatic rings. The molecule has 0 spiro atoms. The lowest BCUT2D eigenvalue weighted by atomic mass is 10.2. The fourth-order valence-corrected chi connectivity index (χ4v) is 3.00. The second kappa shape index (κ2) is 7.87. The number of nitrogens with zero attached hydrogens (tertiary/aromatic N) is 4. The van der Waals surface area contributed by atoms with Crippen molar-refractivity contribution in [2.24, 2.45) is 0 Å². The van der Waals surface area contributed by atoms with Gasteiger partial charge in [0, 0.05) is 37.5 Å². The van der Waals surface area contributed by atoms with Crippen LogP contribution in [0.4, 0.5) is 11.6 Å². The molecule has 7 heteroatoms. The average Bonchev–Trinajstić information content (AvgIpc) is 2.71. The largest absolute Gasteiger partial charge is 0.369 e. The van der Waals surface area contributed by atoms with Gasteiger partial charge in [-0.3, -0.25) is 15.2 Å². The van der Waals surface area contributed by atoms with Crippen LogP contribution < -0.4 is 16.3 Å². The second-order valence-corrected chi connectivity index (χ2v) is 6.48. The van der Waals surface area contributed by atoms with Gasteiger partial charge >= 0.3 is 0 Å². The number of pyridine rings is 4. The molecule has 7 nitrogen and oxygen atoms in total. The van der Waals surface area contributed by atoms with E-state index in [2.05, 4.69) is 25.7 Å². The van der Waals surface area contributed by atoms with Gasteiger partial charge in [0.25, 0.3) is 5.56 Å².